The molecular formula is C25H29N3O4S2. The van der Waals surface area contributed by atoms with E-state index in [1.165, 1.54) is 5.56 Å². The Morgan fingerprint density at radius 1 is 1.06 bits per heavy atom. The molecule has 0 saturated carbocycles. The number of piperidine rings is 1. The molecule has 0 radical (unpaired) electrons. The maximum Gasteiger partial charge on any atom is 0.271 e. The summed E-state index contributed by atoms with van der Waals surface area (Å²) in [7, 11) is -1.93. The van der Waals surface area contributed by atoms with Gasteiger partial charge in [0.15, 0.2) is 0 Å². The molecule has 0 bridgehead atoms. The zero-order chi connectivity index (χ0) is 24.0. The summed E-state index contributed by atoms with van der Waals surface area (Å²) in [5, 5.41) is 4.74. The van der Waals surface area contributed by atoms with Crippen LogP contribution in [0.3, 0.4) is 0 Å². The third-order valence-electron chi connectivity index (χ3n) is 5.98. The van der Waals surface area contributed by atoms with E-state index < -0.39 is 10.0 Å². The topological polar surface area (TPSA) is 87.7 Å². The number of hydrogen-bond donors (Lipinski definition) is 2. The van der Waals surface area contributed by atoms with Crippen LogP contribution in [0.1, 0.15) is 28.8 Å². The number of benzene rings is 2. The Morgan fingerprint density at radius 3 is 2.38 bits per heavy atom. The predicted octanol–water partition coefficient (Wildman–Crippen LogP) is 4.20. The smallest absolute Gasteiger partial charge is 0.271 e. The molecule has 1 aromatic heterocycles. The van der Waals surface area contributed by atoms with Crippen LogP contribution in [-0.4, -0.2) is 46.0 Å². The number of amides is 1. The van der Waals surface area contributed by atoms with Gasteiger partial charge >= 0.3 is 0 Å². The summed E-state index contributed by atoms with van der Waals surface area (Å²) in [5.41, 5.74) is 2.21. The Kier molecular flexibility index (Phi) is 7.87. The second-order valence-electron chi connectivity index (χ2n) is 8.39. The zero-order valence-corrected chi connectivity index (χ0v) is 20.7. The van der Waals surface area contributed by atoms with Crippen molar-refractivity contribution in [1.29, 1.82) is 0 Å². The minimum absolute atomic E-state index is 0.145. The van der Waals surface area contributed by atoms with E-state index >= 15 is 0 Å². The Balaban J connectivity index is 1.21. The Hall–Kier alpha value is -2.88. The minimum Gasteiger partial charge on any atom is -0.497 e. The molecule has 3 aromatic rings. The van der Waals surface area contributed by atoms with Crippen LogP contribution < -0.4 is 14.8 Å². The molecule has 1 aliphatic rings. The van der Waals surface area contributed by atoms with Crippen LogP contribution >= 0.6 is 11.3 Å². The first-order valence-corrected chi connectivity index (χ1v) is 13.6. The monoisotopic (exact) mass is 499 g/mol. The Labute approximate surface area is 204 Å². The van der Waals surface area contributed by atoms with E-state index in [4.69, 9.17) is 4.74 Å². The number of anilines is 1. The minimum atomic E-state index is -3.60. The maximum absolute atomic E-state index is 12.6. The number of thiophene rings is 1. The van der Waals surface area contributed by atoms with E-state index in [0.717, 1.165) is 49.6 Å². The van der Waals surface area contributed by atoms with Gasteiger partial charge < -0.3 is 10.1 Å². The van der Waals surface area contributed by atoms with Gasteiger partial charge in [-0.25, -0.2) is 8.42 Å². The predicted molar refractivity (Wildman–Crippen MR) is 135 cm³/mol. The van der Waals surface area contributed by atoms with Crippen molar-refractivity contribution in [3.05, 3.63) is 77.2 Å². The number of nitrogens with zero attached hydrogens (tertiary/aromatic N) is 1. The first-order chi connectivity index (χ1) is 16.4. The number of ether oxygens (including phenoxy) is 1. The van der Waals surface area contributed by atoms with Gasteiger partial charge in [0.1, 0.15) is 9.96 Å². The lowest BCUT2D eigenvalue weighted by Crippen LogP contribution is -2.38. The lowest BCUT2D eigenvalue weighted by molar-refractivity contribution is 0.0935. The number of carbonyl (C=O) groups excluding carboxylic acids is 1. The molecule has 2 N–H and O–H groups in total. The normalized spacial score (nSPS) is 15.1. The van der Waals surface area contributed by atoms with E-state index in [0.29, 0.717) is 23.7 Å². The van der Waals surface area contributed by atoms with Crippen LogP contribution in [0.5, 0.6) is 5.75 Å². The Morgan fingerprint density at radius 2 is 1.76 bits per heavy atom. The SMILES string of the molecule is COc1ccc(CN2CCC(CNC(=O)c3ccc(NS(=O)(=O)c4cccs4)cc3)CC2)cc1. The van der Waals surface area contributed by atoms with Crippen LogP contribution in [0.25, 0.3) is 0 Å². The first kappa shape index (κ1) is 24.3. The number of methoxy groups -OCH3 is 1. The molecule has 1 fully saturated rings. The van der Waals surface area contributed by atoms with Gasteiger partial charge in [0.05, 0.1) is 7.11 Å². The third kappa shape index (κ3) is 6.37. The molecule has 0 atom stereocenters. The van der Waals surface area contributed by atoms with Crippen LogP contribution in [-0.2, 0) is 16.6 Å². The molecule has 0 aliphatic carbocycles. The van der Waals surface area contributed by atoms with Crippen molar-refractivity contribution >= 4 is 33.0 Å². The maximum atomic E-state index is 12.6. The fraction of sp³-hybridized carbons (Fsp3) is 0.320. The first-order valence-electron chi connectivity index (χ1n) is 11.2. The van der Waals surface area contributed by atoms with Gasteiger partial charge in [-0.2, -0.15) is 0 Å². The largest absolute Gasteiger partial charge is 0.497 e. The second kappa shape index (κ2) is 11.0. The van der Waals surface area contributed by atoms with Crippen LogP contribution in [0, 0.1) is 5.92 Å². The van der Waals surface area contributed by atoms with Gasteiger partial charge in [-0.1, -0.05) is 18.2 Å². The zero-order valence-electron chi connectivity index (χ0n) is 19.1. The summed E-state index contributed by atoms with van der Waals surface area (Å²) < 4.78 is 32.7. The summed E-state index contributed by atoms with van der Waals surface area (Å²) in [5.74, 6) is 1.17. The van der Waals surface area contributed by atoms with E-state index in [9.17, 15) is 13.2 Å². The van der Waals surface area contributed by atoms with Crippen molar-refractivity contribution in [3.8, 4) is 5.75 Å². The van der Waals surface area contributed by atoms with Gasteiger partial charge in [0.25, 0.3) is 15.9 Å². The highest BCUT2D eigenvalue weighted by atomic mass is 32.2. The average Bonchev–Trinajstić information content (AvgIpc) is 3.40. The molecule has 180 valence electrons. The molecule has 7 nitrogen and oxygen atoms in total. The van der Waals surface area contributed by atoms with Crippen LogP contribution in [0.2, 0.25) is 0 Å². The highest BCUT2D eigenvalue weighted by Gasteiger charge is 2.20. The molecule has 1 amide bonds. The van der Waals surface area contributed by atoms with Gasteiger partial charge in [-0.05, 0) is 85.3 Å². The lowest BCUT2D eigenvalue weighted by Gasteiger charge is -2.32. The average molecular weight is 500 g/mol. The Bertz CT molecular complexity index is 1170. The van der Waals surface area contributed by atoms with Gasteiger partial charge in [-0.3, -0.25) is 14.4 Å². The number of likely N-dealkylation sites (tertiary alicyclic amines) is 1. The quantitative estimate of drug-likeness (QED) is 0.461. The molecule has 2 aromatic carbocycles. The fourth-order valence-electron chi connectivity index (χ4n) is 3.99. The standard InChI is InChI=1S/C25H29N3O4S2/c1-32-23-10-4-20(5-11-23)18-28-14-12-19(13-15-28)17-26-25(29)21-6-8-22(9-7-21)27-34(30,31)24-3-2-16-33-24/h2-11,16,19,27H,12-15,17-18H2,1H3,(H,26,29). The fourth-order valence-corrected chi connectivity index (χ4v) is 6.04. The molecule has 9 heteroatoms. The van der Waals surface area contributed by atoms with Crippen molar-refractivity contribution in [2.45, 2.75) is 23.6 Å². The number of sulfonamides is 1. The number of carbonyl (C=O) groups is 1. The van der Waals surface area contributed by atoms with E-state index in [1.807, 2.05) is 12.1 Å². The molecule has 0 spiro atoms. The number of rotatable bonds is 9. The highest BCUT2D eigenvalue weighted by molar-refractivity contribution is 7.94. The summed E-state index contributed by atoms with van der Waals surface area (Å²) >= 11 is 1.16. The van der Waals surface area contributed by atoms with Crippen molar-refractivity contribution in [2.75, 3.05) is 31.5 Å². The molecule has 0 unspecified atom stereocenters. The number of nitrogens with one attached hydrogen (secondary N) is 2. The van der Waals surface area contributed by atoms with Gasteiger partial charge in [0.2, 0.25) is 0 Å². The van der Waals surface area contributed by atoms with Crippen molar-refractivity contribution in [3.63, 3.8) is 0 Å². The molecule has 2 heterocycles. The summed E-state index contributed by atoms with van der Waals surface area (Å²) in [6.07, 6.45) is 2.08. The van der Waals surface area contributed by atoms with Crippen LogP contribution in [0.4, 0.5) is 5.69 Å². The van der Waals surface area contributed by atoms with Gasteiger partial charge in [0, 0.05) is 24.3 Å². The van der Waals surface area contributed by atoms with E-state index in [-0.39, 0.29) is 10.1 Å². The molecule has 34 heavy (non-hydrogen) atoms. The number of hydrogen-bond acceptors (Lipinski definition) is 6. The van der Waals surface area contributed by atoms with E-state index in [2.05, 4.69) is 27.1 Å². The molecule has 1 saturated heterocycles. The molecule has 1 aliphatic heterocycles. The molecule has 4 rings (SSSR count). The van der Waals surface area contributed by atoms with Crippen LogP contribution in [0.15, 0.2) is 70.3 Å². The van der Waals surface area contributed by atoms with Gasteiger partial charge in [-0.15, -0.1) is 11.3 Å². The highest BCUT2D eigenvalue weighted by Crippen LogP contribution is 2.22. The van der Waals surface area contributed by atoms with E-state index in [1.54, 1.807) is 48.9 Å². The summed E-state index contributed by atoms with van der Waals surface area (Å²) in [4.78, 5) is 15.0. The van der Waals surface area contributed by atoms with Crippen molar-refractivity contribution < 1.29 is 17.9 Å². The lowest BCUT2D eigenvalue weighted by atomic mass is 9.96. The van der Waals surface area contributed by atoms with Crippen molar-refractivity contribution in [1.82, 2.24) is 10.2 Å². The second-order valence-corrected chi connectivity index (χ2v) is 11.2. The molecular weight excluding hydrogens is 470 g/mol. The van der Waals surface area contributed by atoms with Crippen molar-refractivity contribution in [2.24, 2.45) is 5.92 Å². The summed E-state index contributed by atoms with van der Waals surface area (Å²) in [6, 6.07) is 17.9. The third-order valence-corrected chi connectivity index (χ3v) is 8.76. The summed E-state index contributed by atoms with van der Waals surface area (Å²) in [6.45, 7) is 3.57.